The molecule has 0 aromatic carbocycles. The Labute approximate surface area is 120 Å². The zero-order valence-electron chi connectivity index (χ0n) is 13.3. The van der Waals surface area contributed by atoms with Gasteiger partial charge in [-0.25, -0.2) is 0 Å². The molecule has 19 heavy (non-hydrogen) atoms. The van der Waals surface area contributed by atoms with Gasteiger partial charge < -0.3 is 5.32 Å². The van der Waals surface area contributed by atoms with Gasteiger partial charge in [0, 0.05) is 18.1 Å². The van der Waals surface area contributed by atoms with Crippen molar-refractivity contribution in [1.82, 2.24) is 10.2 Å². The Hall–Kier alpha value is -0.0800. The Balaban J connectivity index is 1.94. The van der Waals surface area contributed by atoms with Crippen LogP contribution in [-0.2, 0) is 0 Å². The molecule has 0 radical (unpaired) electrons. The summed E-state index contributed by atoms with van der Waals surface area (Å²) in [6.45, 7) is 5.91. The van der Waals surface area contributed by atoms with Crippen LogP contribution in [0.3, 0.4) is 0 Å². The van der Waals surface area contributed by atoms with Gasteiger partial charge in [-0.3, -0.25) is 4.90 Å². The van der Waals surface area contributed by atoms with Crippen LogP contribution in [0.1, 0.15) is 71.6 Å². The second-order valence-electron chi connectivity index (χ2n) is 7.00. The molecule has 0 heterocycles. The Morgan fingerprint density at radius 3 is 2.47 bits per heavy atom. The molecular formula is C17H34N2. The van der Waals surface area contributed by atoms with E-state index in [-0.39, 0.29) is 0 Å². The molecule has 0 spiro atoms. The van der Waals surface area contributed by atoms with Crippen molar-refractivity contribution in [3.8, 4) is 0 Å². The molecule has 1 N–H and O–H groups in total. The van der Waals surface area contributed by atoms with E-state index >= 15 is 0 Å². The smallest absolute Gasteiger partial charge is 0.0251 e. The summed E-state index contributed by atoms with van der Waals surface area (Å²) in [6.07, 6.45) is 12.7. The Kier molecular flexibility index (Phi) is 6.15. The first-order valence-corrected chi connectivity index (χ1v) is 8.67. The van der Waals surface area contributed by atoms with Gasteiger partial charge in [0.15, 0.2) is 0 Å². The number of nitrogens with one attached hydrogen (secondary N) is 1. The van der Waals surface area contributed by atoms with Gasteiger partial charge in [0.1, 0.15) is 0 Å². The summed E-state index contributed by atoms with van der Waals surface area (Å²) in [5.41, 5.74) is 0. The number of rotatable bonds is 5. The molecule has 3 unspecified atom stereocenters. The summed E-state index contributed by atoms with van der Waals surface area (Å²) in [6, 6.07) is 2.37. The normalized spacial score (nSPS) is 33.8. The molecule has 2 aliphatic carbocycles. The zero-order chi connectivity index (χ0) is 13.7. The summed E-state index contributed by atoms with van der Waals surface area (Å²) in [4.78, 5) is 2.75. The molecule has 112 valence electrons. The van der Waals surface area contributed by atoms with Crippen molar-refractivity contribution in [2.75, 3.05) is 13.6 Å². The van der Waals surface area contributed by atoms with Crippen molar-refractivity contribution >= 4 is 0 Å². The van der Waals surface area contributed by atoms with E-state index in [1.54, 1.807) is 0 Å². The first-order chi connectivity index (χ1) is 9.22. The summed E-state index contributed by atoms with van der Waals surface area (Å²) >= 11 is 0. The molecule has 0 saturated heterocycles. The van der Waals surface area contributed by atoms with E-state index < -0.39 is 0 Å². The van der Waals surface area contributed by atoms with Crippen LogP contribution in [0, 0.1) is 5.92 Å². The topological polar surface area (TPSA) is 15.3 Å². The van der Waals surface area contributed by atoms with E-state index in [1.807, 2.05) is 0 Å². The molecule has 2 nitrogen and oxygen atoms in total. The summed E-state index contributed by atoms with van der Waals surface area (Å²) in [5.74, 6) is 0.913. The maximum atomic E-state index is 3.82. The minimum atomic E-state index is 0.739. The predicted octanol–water partition coefficient (Wildman–Crippen LogP) is 3.81. The van der Waals surface area contributed by atoms with Gasteiger partial charge >= 0.3 is 0 Å². The van der Waals surface area contributed by atoms with Crippen LogP contribution in [0.5, 0.6) is 0 Å². The van der Waals surface area contributed by atoms with Crippen molar-refractivity contribution in [3.05, 3.63) is 0 Å². The van der Waals surface area contributed by atoms with Crippen LogP contribution in [0.25, 0.3) is 0 Å². The molecule has 3 atom stereocenters. The highest BCUT2D eigenvalue weighted by molar-refractivity contribution is 4.92. The van der Waals surface area contributed by atoms with Gasteiger partial charge in [0.25, 0.3) is 0 Å². The first-order valence-electron chi connectivity index (χ1n) is 8.67. The molecule has 2 aliphatic rings. The summed E-state index contributed by atoms with van der Waals surface area (Å²) in [7, 11) is 2.40. The van der Waals surface area contributed by atoms with E-state index in [4.69, 9.17) is 0 Å². The van der Waals surface area contributed by atoms with Crippen LogP contribution >= 0.6 is 0 Å². The molecule has 0 aromatic heterocycles. The lowest BCUT2D eigenvalue weighted by Crippen LogP contribution is -2.55. The van der Waals surface area contributed by atoms with E-state index in [0.29, 0.717) is 0 Å². The maximum absolute atomic E-state index is 3.82. The minimum Gasteiger partial charge on any atom is -0.312 e. The fourth-order valence-corrected chi connectivity index (χ4v) is 4.13. The van der Waals surface area contributed by atoms with Crippen LogP contribution in [0.15, 0.2) is 0 Å². The molecule has 0 aliphatic heterocycles. The lowest BCUT2D eigenvalue weighted by molar-refractivity contribution is 0.0706. The van der Waals surface area contributed by atoms with Gasteiger partial charge in [0.05, 0.1) is 0 Å². The molecule has 2 fully saturated rings. The summed E-state index contributed by atoms with van der Waals surface area (Å²) in [5, 5.41) is 3.82. The zero-order valence-corrected chi connectivity index (χ0v) is 13.3. The average Bonchev–Trinajstić information content (AvgIpc) is 2.46. The monoisotopic (exact) mass is 266 g/mol. The quantitative estimate of drug-likeness (QED) is 0.814. The van der Waals surface area contributed by atoms with Gasteiger partial charge in [-0.15, -0.1) is 0 Å². The third kappa shape index (κ3) is 4.19. The van der Waals surface area contributed by atoms with E-state index in [9.17, 15) is 0 Å². The van der Waals surface area contributed by atoms with Crippen LogP contribution in [-0.4, -0.2) is 36.6 Å². The van der Waals surface area contributed by atoms with E-state index in [1.165, 1.54) is 64.3 Å². The maximum Gasteiger partial charge on any atom is 0.0251 e. The van der Waals surface area contributed by atoms with Crippen LogP contribution < -0.4 is 5.32 Å². The second-order valence-corrected chi connectivity index (χ2v) is 7.00. The van der Waals surface area contributed by atoms with Crippen molar-refractivity contribution in [1.29, 1.82) is 0 Å². The number of nitrogens with zero attached hydrogens (tertiary/aromatic N) is 1. The van der Waals surface area contributed by atoms with Crippen molar-refractivity contribution in [3.63, 3.8) is 0 Å². The Morgan fingerprint density at radius 1 is 1.05 bits per heavy atom. The highest BCUT2D eigenvalue weighted by atomic mass is 15.2. The molecule has 0 amide bonds. The number of hydrogen-bond donors (Lipinski definition) is 1. The standard InChI is InChI=1S/C17H34N2/c1-4-12-18-16-11-10-14(2)13-17(16)19(3)15-8-6-5-7-9-15/h14-18H,4-13H2,1-3H3. The van der Waals surface area contributed by atoms with E-state index in [0.717, 1.165) is 24.0 Å². The van der Waals surface area contributed by atoms with Gasteiger partial charge in [-0.2, -0.15) is 0 Å². The van der Waals surface area contributed by atoms with Crippen LogP contribution in [0.4, 0.5) is 0 Å². The average molecular weight is 266 g/mol. The fraction of sp³-hybridized carbons (Fsp3) is 1.00. The SMILES string of the molecule is CCCNC1CCC(C)CC1N(C)C1CCCCC1. The molecule has 2 heteroatoms. The van der Waals surface area contributed by atoms with Crippen molar-refractivity contribution in [2.24, 2.45) is 5.92 Å². The van der Waals surface area contributed by atoms with Crippen molar-refractivity contribution in [2.45, 2.75) is 89.8 Å². The highest BCUT2D eigenvalue weighted by Gasteiger charge is 2.34. The lowest BCUT2D eigenvalue weighted by atomic mass is 9.81. The molecule has 2 rings (SSSR count). The molecule has 0 bridgehead atoms. The highest BCUT2D eigenvalue weighted by Crippen LogP contribution is 2.31. The van der Waals surface area contributed by atoms with Gasteiger partial charge in [-0.1, -0.05) is 33.1 Å². The van der Waals surface area contributed by atoms with Gasteiger partial charge in [0.2, 0.25) is 0 Å². The first kappa shape index (κ1) is 15.3. The molecular weight excluding hydrogens is 232 g/mol. The molecule has 0 aromatic rings. The third-order valence-electron chi connectivity index (χ3n) is 5.41. The number of hydrogen-bond acceptors (Lipinski definition) is 2. The fourth-order valence-electron chi connectivity index (χ4n) is 4.13. The predicted molar refractivity (Wildman–Crippen MR) is 83.5 cm³/mol. The Bertz CT molecular complexity index is 246. The van der Waals surface area contributed by atoms with Crippen LogP contribution in [0.2, 0.25) is 0 Å². The van der Waals surface area contributed by atoms with Gasteiger partial charge in [-0.05, 0) is 58.0 Å². The van der Waals surface area contributed by atoms with E-state index in [2.05, 4.69) is 31.1 Å². The minimum absolute atomic E-state index is 0.739. The largest absolute Gasteiger partial charge is 0.312 e. The second kappa shape index (κ2) is 7.64. The lowest BCUT2D eigenvalue weighted by Gasteiger charge is -2.45. The Morgan fingerprint density at radius 2 is 1.79 bits per heavy atom. The summed E-state index contributed by atoms with van der Waals surface area (Å²) < 4.78 is 0. The number of likely N-dealkylation sites (N-methyl/N-ethyl adjacent to an activating group) is 1. The van der Waals surface area contributed by atoms with Crippen molar-refractivity contribution < 1.29 is 0 Å². The third-order valence-corrected chi connectivity index (χ3v) is 5.41. The molecule has 2 saturated carbocycles.